The minimum atomic E-state index is 0.594. The first kappa shape index (κ1) is 30.5. The first-order chi connectivity index (χ1) is 22.6. The summed E-state index contributed by atoms with van der Waals surface area (Å²) in [7, 11) is 0. The lowest BCUT2D eigenvalue weighted by atomic mass is 10.1. The van der Waals surface area contributed by atoms with Crippen LogP contribution >= 0.6 is 11.3 Å². The van der Waals surface area contributed by atoms with Crippen molar-refractivity contribution >= 4 is 48.9 Å². The van der Waals surface area contributed by atoms with Gasteiger partial charge < -0.3 is 0 Å². The predicted octanol–water partition coefficient (Wildman–Crippen LogP) is 11.1. The van der Waals surface area contributed by atoms with Crippen LogP contribution in [0, 0.1) is 0 Å². The average Bonchev–Trinajstić information content (AvgIpc) is 3.51. The summed E-state index contributed by atoms with van der Waals surface area (Å²) in [6, 6.07) is 47.0. The summed E-state index contributed by atoms with van der Waals surface area (Å²) in [5.74, 6) is 1.28. The number of hydrogen-bond acceptors (Lipinski definition) is 4. The Balaban J connectivity index is 0.00000182. The molecule has 0 aliphatic heterocycles. The molecule has 0 saturated heterocycles. The van der Waals surface area contributed by atoms with E-state index in [9.17, 15) is 0 Å². The molecule has 0 unspecified atom stereocenters. The van der Waals surface area contributed by atoms with Crippen molar-refractivity contribution in [2.24, 2.45) is 9.98 Å². The average molecular weight is 615 g/mol. The summed E-state index contributed by atoms with van der Waals surface area (Å²) in [6.07, 6.45) is 0. The van der Waals surface area contributed by atoms with Crippen LogP contribution in [-0.2, 0) is 0 Å². The molecule has 46 heavy (non-hydrogen) atoms. The van der Waals surface area contributed by atoms with Gasteiger partial charge in [-0.3, -0.25) is 0 Å². The quantitative estimate of drug-likeness (QED) is 0.138. The van der Waals surface area contributed by atoms with Crippen LogP contribution < -0.4 is 0 Å². The third-order valence-corrected chi connectivity index (χ3v) is 8.65. The van der Waals surface area contributed by atoms with E-state index in [-0.39, 0.29) is 0 Å². The Kier molecular flexibility index (Phi) is 9.32. The second kappa shape index (κ2) is 14.1. The Morgan fingerprint density at radius 3 is 1.85 bits per heavy atom. The maximum absolute atomic E-state index is 5.11. The van der Waals surface area contributed by atoms with Gasteiger partial charge in [0.1, 0.15) is 0 Å². The largest absolute Gasteiger partial charge is 0.233 e. The fraction of sp³-hybridized carbons (Fsp3) is 0.0732. The van der Waals surface area contributed by atoms with E-state index in [1.54, 1.807) is 11.3 Å². The van der Waals surface area contributed by atoms with Crippen molar-refractivity contribution < 1.29 is 0 Å². The highest BCUT2D eigenvalue weighted by atomic mass is 32.1. The fourth-order valence-corrected chi connectivity index (χ4v) is 6.31. The molecule has 0 N–H and O–H groups in total. The minimum Gasteiger partial charge on any atom is -0.233 e. The summed E-state index contributed by atoms with van der Waals surface area (Å²) < 4.78 is 2.30. The van der Waals surface area contributed by atoms with Crippen molar-refractivity contribution in [3.63, 3.8) is 0 Å². The Bertz CT molecular complexity index is 2160. The predicted molar refractivity (Wildman–Crippen MR) is 198 cm³/mol. The molecule has 7 rings (SSSR count). The number of benzene rings is 5. The van der Waals surface area contributed by atoms with Gasteiger partial charge in [-0.25, -0.2) is 20.0 Å². The number of rotatable bonds is 6. The number of hydrogen-bond donors (Lipinski definition) is 0. The molecule has 2 aromatic heterocycles. The molecule has 0 atom stereocenters. The van der Waals surface area contributed by atoms with Crippen LogP contribution in [-0.4, -0.2) is 21.5 Å². The zero-order chi connectivity index (χ0) is 31.9. The van der Waals surface area contributed by atoms with E-state index in [0.717, 1.165) is 54.8 Å². The van der Waals surface area contributed by atoms with E-state index >= 15 is 0 Å². The van der Waals surface area contributed by atoms with Crippen molar-refractivity contribution in [2.45, 2.75) is 20.8 Å². The third kappa shape index (κ3) is 6.46. The van der Waals surface area contributed by atoms with Gasteiger partial charge in [0.2, 0.25) is 0 Å². The van der Waals surface area contributed by atoms with E-state index in [2.05, 4.69) is 55.1 Å². The first-order valence-electron chi connectivity index (χ1n) is 15.4. The molecule has 0 aliphatic rings. The van der Waals surface area contributed by atoms with Gasteiger partial charge in [0.15, 0.2) is 11.7 Å². The molecule has 4 nitrogen and oxygen atoms in total. The topological polar surface area (TPSA) is 50.5 Å². The Morgan fingerprint density at radius 2 is 1.17 bits per heavy atom. The van der Waals surface area contributed by atoms with Crippen LogP contribution in [0.5, 0.6) is 0 Å². The van der Waals surface area contributed by atoms with E-state index in [0.29, 0.717) is 17.4 Å². The summed E-state index contributed by atoms with van der Waals surface area (Å²) in [5.41, 5.74) is 8.32. The number of aromatic nitrogens is 2. The van der Waals surface area contributed by atoms with Crippen molar-refractivity contribution in [1.82, 2.24) is 9.97 Å². The standard InChI is InChI=1S/C39H28N4S.C2H6/c1-26(28-14-6-3-7-15-28)40-38(41-27(2)29-16-8-4-9-17-29)31-22-24-32(25-23-31)39-42-35(30-18-10-5-11-19-30)37-36(43-39)33-20-12-13-21-34(33)44-37;1-2/h3-25H,1H2,2H3;1-2H3. The van der Waals surface area contributed by atoms with Crippen LogP contribution in [0.3, 0.4) is 0 Å². The van der Waals surface area contributed by atoms with E-state index in [1.165, 1.54) is 4.70 Å². The fourth-order valence-electron chi connectivity index (χ4n) is 5.16. The van der Waals surface area contributed by atoms with E-state index in [4.69, 9.17) is 20.0 Å². The summed E-state index contributed by atoms with van der Waals surface area (Å²) in [5, 5.41) is 1.14. The Labute approximate surface area is 274 Å². The van der Waals surface area contributed by atoms with Gasteiger partial charge in [0, 0.05) is 32.5 Å². The van der Waals surface area contributed by atoms with Crippen LogP contribution in [0.25, 0.3) is 48.6 Å². The molecule has 7 aromatic rings. The molecule has 0 fully saturated rings. The molecule has 0 radical (unpaired) electrons. The number of thiophene rings is 1. The van der Waals surface area contributed by atoms with Crippen molar-refractivity contribution in [1.29, 1.82) is 0 Å². The number of aliphatic imine (C=N–C) groups is 2. The zero-order valence-electron chi connectivity index (χ0n) is 26.2. The molecule has 0 spiro atoms. The molecule has 0 saturated carbocycles. The molecular formula is C41H34N4S. The molecule has 224 valence electrons. The molecule has 0 bridgehead atoms. The van der Waals surface area contributed by atoms with E-state index in [1.807, 2.05) is 112 Å². The highest BCUT2D eigenvalue weighted by Crippen LogP contribution is 2.39. The van der Waals surface area contributed by atoms with Crippen molar-refractivity contribution in [2.75, 3.05) is 0 Å². The smallest absolute Gasteiger partial charge is 0.160 e. The number of nitrogens with zero attached hydrogens (tertiary/aromatic N) is 4. The lowest BCUT2D eigenvalue weighted by Crippen LogP contribution is -2.04. The number of fused-ring (bicyclic) bond motifs is 3. The maximum Gasteiger partial charge on any atom is 0.160 e. The van der Waals surface area contributed by atoms with E-state index < -0.39 is 0 Å². The van der Waals surface area contributed by atoms with Gasteiger partial charge >= 0.3 is 0 Å². The zero-order valence-corrected chi connectivity index (χ0v) is 27.0. The molecular weight excluding hydrogens is 581 g/mol. The Hall–Kier alpha value is -5.52. The van der Waals surface area contributed by atoms with Gasteiger partial charge in [-0.05, 0) is 24.1 Å². The molecule has 0 aliphatic carbocycles. The molecule has 5 heteroatoms. The monoisotopic (exact) mass is 614 g/mol. The lowest BCUT2D eigenvalue weighted by Gasteiger charge is -2.09. The maximum atomic E-state index is 5.11. The van der Waals surface area contributed by atoms with Crippen LogP contribution in [0.15, 0.2) is 156 Å². The van der Waals surface area contributed by atoms with Gasteiger partial charge in [-0.15, -0.1) is 11.3 Å². The third-order valence-electron chi connectivity index (χ3n) is 7.48. The normalized spacial score (nSPS) is 11.7. The van der Waals surface area contributed by atoms with Gasteiger partial charge in [-0.1, -0.05) is 154 Å². The molecule has 5 aromatic carbocycles. The second-order valence-corrected chi connectivity index (χ2v) is 11.5. The summed E-state index contributed by atoms with van der Waals surface area (Å²) in [6.45, 7) is 10.3. The van der Waals surface area contributed by atoms with Crippen molar-refractivity contribution in [3.05, 3.63) is 163 Å². The van der Waals surface area contributed by atoms with Gasteiger partial charge in [0.25, 0.3) is 0 Å². The summed E-state index contributed by atoms with van der Waals surface area (Å²) in [4.78, 5) is 20.1. The first-order valence-corrected chi connectivity index (χ1v) is 16.2. The Morgan fingerprint density at radius 1 is 0.587 bits per heavy atom. The minimum absolute atomic E-state index is 0.594. The van der Waals surface area contributed by atoms with Gasteiger partial charge in [-0.2, -0.15) is 0 Å². The molecule has 2 heterocycles. The number of amidine groups is 1. The highest BCUT2D eigenvalue weighted by molar-refractivity contribution is 7.26. The van der Waals surface area contributed by atoms with Crippen LogP contribution in [0.2, 0.25) is 0 Å². The van der Waals surface area contributed by atoms with Gasteiger partial charge in [0.05, 0.1) is 21.6 Å². The van der Waals surface area contributed by atoms with Crippen LogP contribution in [0.4, 0.5) is 0 Å². The highest BCUT2D eigenvalue weighted by Gasteiger charge is 2.17. The second-order valence-electron chi connectivity index (χ2n) is 10.4. The lowest BCUT2D eigenvalue weighted by molar-refractivity contribution is 1.24. The van der Waals surface area contributed by atoms with Crippen LogP contribution in [0.1, 0.15) is 37.5 Å². The van der Waals surface area contributed by atoms with Crippen molar-refractivity contribution in [3.8, 4) is 22.6 Å². The SMILES string of the molecule is C=C(N=C(N=C(C)c1ccccc1)c1ccc(-c2nc(-c3ccccc3)c3sc4ccccc4c3n2)cc1)c1ccccc1.CC. The summed E-state index contributed by atoms with van der Waals surface area (Å²) >= 11 is 1.74. The molecule has 0 amide bonds.